The number of amides is 2. The topological polar surface area (TPSA) is 58.6 Å². The standard InChI is InChI=1S/C30H34N2O3/c1-5-27(30(34)31-24-9-7-8-21(4)18-24)35-25-15-14-22-16-17-32(28(33)6-2)29(26(22)19-25)23-12-10-20(3)11-13-23/h7-15,18-19,27,29H,5-6,16-17H2,1-4H3,(H,31,34)/t27-,29+/m0/s1. The molecule has 2 atom stereocenters. The van der Waals surface area contributed by atoms with Crippen LogP contribution in [0.2, 0.25) is 0 Å². The van der Waals surface area contributed by atoms with E-state index in [1.54, 1.807) is 0 Å². The Morgan fingerprint density at radius 1 is 1.00 bits per heavy atom. The zero-order valence-electron chi connectivity index (χ0n) is 21.0. The number of anilines is 1. The summed E-state index contributed by atoms with van der Waals surface area (Å²) in [6.45, 7) is 8.59. The third kappa shape index (κ3) is 5.56. The van der Waals surface area contributed by atoms with Crippen molar-refractivity contribution >= 4 is 17.5 Å². The number of benzene rings is 3. The molecule has 0 bridgehead atoms. The quantitative estimate of drug-likeness (QED) is 0.462. The molecular weight excluding hydrogens is 436 g/mol. The fraction of sp³-hybridized carbons (Fsp3) is 0.333. The van der Waals surface area contributed by atoms with Gasteiger partial charge in [-0.1, -0.05) is 61.9 Å². The number of nitrogens with one attached hydrogen (secondary N) is 1. The zero-order chi connectivity index (χ0) is 24.9. The number of rotatable bonds is 7. The fourth-order valence-electron chi connectivity index (χ4n) is 4.68. The van der Waals surface area contributed by atoms with Gasteiger partial charge in [0, 0.05) is 18.7 Å². The molecular formula is C30H34N2O3. The lowest BCUT2D eigenvalue weighted by molar-refractivity contribution is -0.133. The molecule has 5 nitrogen and oxygen atoms in total. The summed E-state index contributed by atoms with van der Waals surface area (Å²) < 4.78 is 6.20. The Hall–Kier alpha value is -3.60. The molecule has 3 aromatic rings. The SMILES string of the molecule is CCC(=O)N1CCc2ccc(O[C@@H](CC)C(=O)Nc3cccc(C)c3)cc2[C@H]1c1ccc(C)cc1. The van der Waals surface area contributed by atoms with Crippen LogP contribution in [0.1, 0.15) is 60.5 Å². The van der Waals surface area contributed by atoms with Crippen LogP contribution in [-0.2, 0) is 16.0 Å². The van der Waals surface area contributed by atoms with Crippen LogP contribution in [0, 0.1) is 13.8 Å². The summed E-state index contributed by atoms with van der Waals surface area (Å²) in [6.07, 6.45) is 1.18. The predicted molar refractivity (Wildman–Crippen MR) is 140 cm³/mol. The van der Waals surface area contributed by atoms with Crippen LogP contribution in [0.3, 0.4) is 0 Å². The van der Waals surface area contributed by atoms with Crippen molar-refractivity contribution in [1.82, 2.24) is 4.90 Å². The van der Waals surface area contributed by atoms with Gasteiger partial charge in [-0.3, -0.25) is 9.59 Å². The normalized spacial score (nSPS) is 15.8. The minimum Gasteiger partial charge on any atom is -0.481 e. The molecule has 182 valence electrons. The van der Waals surface area contributed by atoms with E-state index in [2.05, 4.69) is 42.6 Å². The van der Waals surface area contributed by atoms with Crippen LogP contribution in [0.15, 0.2) is 66.7 Å². The maximum absolute atomic E-state index is 13.0. The second kappa shape index (κ2) is 10.8. The van der Waals surface area contributed by atoms with Gasteiger partial charge in [0.05, 0.1) is 6.04 Å². The third-order valence-corrected chi connectivity index (χ3v) is 6.59. The van der Waals surface area contributed by atoms with Crippen molar-refractivity contribution in [1.29, 1.82) is 0 Å². The smallest absolute Gasteiger partial charge is 0.265 e. The first-order chi connectivity index (χ1) is 16.9. The highest BCUT2D eigenvalue weighted by molar-refractivity contribution is 5.94. The summed E-state index contributed by atoms with van der Waals surface area (Å²) in [5.74, 6) is 0.600. The minimum atomic E-state index is -0.622. The highest BCUT2D eigenvalue weighted by Crippen LogP contribution is 2.38. The first-order valence-corrected chi connectivity index (χ1v) is 12.4. The van der Waals surface area contributed by atoms with Gasteiger partial charge < -0.3 is 15.0 Å². The van der Waals surface area contributed by atoms with Gasteiger partial charge in [0.1, 0.15) is 5.75 Å². The first kappa shape index (κ1) is 24.5. The van der Waals surface area contributed by atoms with Gasteiger partial charge in [0.15, 0.2) is 6.10 Å². The highest BCUT2D eigenvalue weighted by atomic mass is 16.5. The van der Waals surface area contributed by atoms with Crippen molar-refractivity contribution < 1.29 is 14.3 Å². The number of hydrogen-bond donors (Lipinski definition) is 1. The first-order valence-electron chi connectivity index (χ1n) is 12.4. The van der Waals surface area contributed by atoms with E-state index < -0.39 is 6.10 Å². The number of nitrogens with zero attached hydrogens (tertiary/aromatic N) is 1. The van der Waals surface area contributed by atoms with E-state index >= 15 is 0 Å². The molecule has 0 saturated carbocycles. The Kier molecular flexibility index (Phi) is 7.54. The predicted octanol–water partition coefficient (Wildman–Crippen LogP) is 5.98. The average molecular weight is 471 g/mol. The number of ether oxygens (including phenoxy) is 1. The Morgan fingerprint density at radius 2 is 1.77 bits per heavy atom. The maximum Gasteiger partial charge on any atom is 0.265 e. The van der Waals surface area contributed by atoms with E-state index in [1.165, 1.54) is 11.1 Å². The number of hydrogen-bond acceptors (Lipinski definition) is 3. The van der Waals surface area contributed by atoms with Crippen molar-refractivity contribution in [3.8, 4) is 5.75 Å². The van der Waals surface area contributed by atoms with Gasteiger partial charge in [0.2, 0.25) is 5.91 Å². The molecule has 2 amide bonds. The molecule has 1 aliphatic rings. The van der Waals surface area contributed by atoms with Gasteiger partial charge in [-0.2, -0.15) is 0 Å². The Bertz CT molecular complexity index is 1200. The molecule has 1 heterocycles. The second-order valence-electron chi connectivity index (χ2n) is 9.24. The summed E-state index contributed by atoms with van der Waals surface area (Å²) in [7, 11) is 0. The van der Waals surface area contributed by atoms with E-state index in [4.69, 9.17) is 4.74 Å². The Balaban J connectivity index is 1.62. The lowest BCUT2D eigenvalue weighted by atomic mass is 9.87. The van der Waals surface area contributed by atoms with Crippen LogP contribution in [-0.4, -0.2) is 29.4 Å². The molecule has 0 fully saturated rings. The summed E-state index contributed by atoms with van der Waals surface area (Å²) in [4.78, 5) is 27.8. The summed E-state index contributed by atoms with van der Waals surface area (Å²) in [5.41, 5.74) is 6.38. The van der Waals surface area contributed by atoms with E-state index in [0.29, 0.717) is 25.1 Å². The van der Waals surface area contributed by atoms with Crippen molar-refractivity contribution in [2.45, 2.75) is 59.1 Å². The Labute approximate surface area is 208 Å². The minimum absolute atomic E-state index is 0.136. The molecule has 0 unspecified atom stereocenters. The molecule has 35 heavy (non-hydrogen) atoms. The van der Waals surface area contributed by atoms with Crippen molar-refractivity contribution in [3.63, 3.8) is 0 Å². The monoisotopic (exact) mass is 470 g/mol. The number of fused-ring (bicyclic) bond motifs is 1. The van der Waals surface area contributed by atoms with E-state index in [1.807, 2.05) is 62.1 Å². The average Bonchev–Trinajstić information content (AvgIpc) is 2.86. The maximum atomic E-state index is 13.0. The molecule has 1 N–H and O–H groups in total. The lowest BCUT2D eigenvalue weighted by Crippen LogP contribution is -2.40. The fourth-order valence-corrected chi connectivity index (χ4v) is 4.68. The van der Waals surface area contributed by atoms with Crippen LogP contribution in [0.25, 0.3) is 0 Å². The van der Waals surface area contributed by atoms with Gasteiger partial charge in [-0.05, 0) is 73.2 Å². The van der Waals surface area contributed by atoms with Gasteiger partial charge in [-0.25, -0.2) is 0 Å². The van der Waals surface area contributed by atoms with Crippen molar-refractivity contribution in [2.75, 3.05) is 11.9 Å². The third-order valence-electron chi connectivity index (χ3n) is 6.59. The largest absolute Gasteiger partial charge is 0.481 e. The van der Waals surface area contributed by atoms with Gasteiger partial charge in [0.25, 0.3) is 5.91 Å². The van der Waals surface area contributed by atoms with E-state index in [-0.39, 0.29) is 17.9 Å². The van der Waals surface area contributed by atoms with Crippen molar-refractivity contribution in [3.05, 3.63) is 94.5 Å². The highest BCUT2D eigenvalue weighted by Gasteiger charge is 2.32. The van der Waals surface area contributed by atoms with Crippen molar-refractivity contribution in [2.24, 2.45) is 0 Å². The number of carbonyl (C=O) groups excluding carboxylic acids is 2. The van der Waals surface area contributed by atoms with Gasteiger partial charge in [-0.15, -0.1) is 0 Å². The lowest BCUT2D eigenvalue weighted by Gasteiger charge is -2.38. The van der Waals surface area contributed by atoms with Crippen LogP contribution < -0.4 is 10.1 Å². The summed E-state index contributed by atoms with van der Waals surface area (Å²) in [5, 5.41) is 2.97. The number of aryl methyl sites for hydroxylation is 2. The molecule has 0 saturated heterocycles. The van der Waals surface area contributed by atoms with E-state index in [0.717, 1.165) is 28.8 Å². The van der Waals surface area contributed by atoms with E-state index in [9.17, 15) is 9.59 Å². The number of carbonyl (C=O) groups is 2. The second-order valence-corrected chi connectivity index (χ2v) is 9.24. The molecule has 0 aliphatic carbocycles. The van der Waals surface area contributed by atoms with Crippen LogP contribution >= 0.6 is 0 Å². The molecule has 0 spiro atoms. The summed E-state index contributed by atoms with van der Waals surface area (Å²) in [6, 6.07) is 22.0. The van der Waals surface area contributed by atoms with Crippen LogP contribution in [0.4, 0.5) is 5.69 Å². The molecule has 0 radical (unpaired) electrons. The molecule has 5 heteroatoms. The zero-order valence-corrected chi connectivity index (χ0v) is 21.0. The summed E-state index contributed by atoms with van der Waals surface area (Å²) >= 11 is 0. The Morgan fingerprint density at radius 3 is 2.46 bits per heavy atom. The molecule has 1 aliphatic heterocycles. The molecule has 4 rings (SSSR count). The van der Waals surface area contributed by atoms with Crippen LogP contribution in [0.5, 0.6) is 5.75 Å². The molecule has 3 aromatic carbocycles. The van der Waals surface area contributed by atoms with Gasteiger partial charge >= 0.3 is 0 Å². The molecule has 0 aromatic heterocycles.